The maximum atomic E-state index is 11.7. The van der Waals surface area contributed by atoms with Gasteiger partial charge in [0.2, 0.25) is 5.91 Å². The molecule has 0 fully saturated rings. The first-order chi connectivity index (χ1) is 8.06. The number of aryl methyl sites for hydroxylation is 1. The van der Waals surface area contributed by atoms with Crippen LogP contribution >= 0.6 is 0 Å². The number of hydrogen-bond acceptors (Lipinski definition) is 3. The molecule has 0 aliphatic rings. The Morgan fingerprint density at radius 2 is 2.24 bits per heavy atom. The Balaban J connectivity index is 2.65. The van der Waals surface area contributed by atoms with Gasteiger partial charge in [-0.25, -0.2) is 0 Å². The summed E-state index contributed by atoms with van der Waals surface area (Å²) < 4.78 is 5.11. The maximum Gasteiger partial charge on any atom is 0.224 e. The molecule has 0 aliphatic carbocycles. The summed E-state index contributed by atoms with van der Waals surface area (Å²) in [5.74, 6) is 0.987. The van der Waals surface area contributed by atoms with Crippen molar-refractivity contribution >= 4 is 11.6 Å². The number of amides is 1. The second-order valence-electron chi connectivity index (χ2n) is 4.27. The van der Waals surface area contributed by atoms with E-state index in [1.54, 1.807) is 7.11 Å². The Bertz CT molecular complexity index is 391. The van der Waals surface area contributed by atoms with Crippen molar-refractivity contribution in [3.05, 3.63) is 23.8 Å². The zero-order valence-electron chi connectivity index (χ0n) is 10.6. The molecule has 0 radical (unpaired) electrons. The molecule has 0 aromatic heterocycles. The normalized spacial score (nSPS) is 12.0. The molecule has 1 aromatic carbocycles. The van der Waals surface area contributed by atoms with Crippen molar-refractivity contribution in [1.29, 1.82) is 0 Å². The number of nitrogens with one attached hydrogen (secondary N) is 1. The molecule has 4 heteroatoms. The zero-order chi connectivity index (χ0) is 12.8. The lowest BCUT2D eigenvalue weighted by atomic mass is 10.1. The number of carbonyl (C=O) groups excluding carboxylic acids is 1. The van der Waals surface area contributed by atoms with E-state index in [0.717, 1.165) is 17.0 Å². The number of anilines is 1. The molecule has 4 nitrogen and oxygen atoms in total. The van der Waals surface area contributed by atoms with E-state index in [0.29, 0.717) is 13.0 Å². The summed E-state index contributed by atoms with van der Waals surface area (Å²) >= 11 is 0. The summed E-state index contributed by atoms with van der Waals surface area (Å²) in [6.07, 6.45) is 0.446. The number of benzene rings is 1. The number of rotatable bonds is 5. The molecule has 0 spiro atoms. The van der Waals surface area contributed by atoms with E-state index >= 15 is 0 Å². The fourth-order valence-corrected chi connectivity index (χ4v) is 1.50. The minimum absolute atomic E-state index is 0.00350. The second kappa shape index (κ2) is 6.25. The summed E-state index contributed by atoms with van der Waals surface area (Å²) in [5.41, 5.74) is 7.29. The number of methoxy groups -OCH3 is 1. The summed E-state index contributed by atoms with van der Waals surface area (Å²) in [7, 11) is 1.62. The highest BCUT2D eigenvalue weighted by molar-refractivity contribution is 5.91. The average molecular weight is 236 g/mol. The zero-order valence-corrected chi connectivity index (χ0v) is 10.6. The minimum Gasteiger partial charge on any atom is -0.497 e. The summed E-state index contributed by atoms with van der Waals surface area (Å²) in [4.78, 5) is 11.7. The lowest BCUT2D eigenvalue weighted by Crippen LogP contribution is -2.20. The largest absolute Gasteiger partial charge is 0.497 e. The van der Waals surface area contributed by atoms with E-state index in [1.165, 1.54) is 0 Å². The molecule has 0 aliphatic heterocycles. The Hall–Kier alpha value is -1.55. The van der Waals surface area contributed by atoms with Crippen molar-refractivity contribution in [2.75, 3.05) is 19.0 Å². The first-order valence-electron chi connectivity index (χ1n) is 5.71. The predicted octanol–water partition coefficient (Wildman–Crippen LogP) is 1.93. The van der Waals surface area contributed by atoms with Crippen molar-refractivity contribution in [1.82, 2.24) is 0 Å². The Labute approximate surface area is 102 Å². The van der Waals surface area contributed by atoms with Gasteiger partial charge in [0.25, 0.3) is 0 Å². The highest BCUT2D eigenvalue weighted by Gasteiger charge is 2.09. The molecule has 1 amide bonds. The number of hydrogen-bond donors (Lipinski definition) is 2. The van der Waals surface area contributed by atoms with E-state index in [1.807, 2.05) is 32.0 Å². The molecule has 0 saturated carbocycles. The molecule has 0 bridgehead atoms. The molecule has 1 rings (SSSR count). The van der Waals surface area contributed by atoms with Crippen molar-refractivity contribution in [3.8, 4) is 5.75 Å². The average Bonchev–Trinajstić information content (AvgIpc) is 2.31. The maximum absolute atomic E-state index is 11.7. The van der Waals surface area contributed by atoms with Crippen LogP contribution in [0, 0.1) is 12.8 Å². The monoisotopic (exact) mass is 236 g/mol. The third-order valence-electron chi connectivity index (χ3n) is 2.64. The van der Waals surface area contributed by atoms with Crippen LogP contribution in [-0.4, -0.2) is 19.6 Å². The first kappa shape index (κ1) is 13.5. The van der Waals surface area contributed by atoms with Crippen LogP contribution in [0.4, 0.5) is 5.69 Å². The third-order valence-corrected chi connectivity index (χ3v) is 2.64. The summed E-state index contributed by atoms with van der Waals surface area (Å²) in [6, 6.07) is 5.57. The van der Waals surface area contributed by atoms with Gasteiger partial charge in [-0.3, -0.25) is 4.79 Å². The van der Waals surface area contributed by atoms with Crippen LogP contribution in [0.1, 0.15) is 18.9 Å². The third kappa shape index (κ3) is 4.07. The number of nitrogens with two attached hydrogens (primary N) is 1. The first-order valence-corrected chi connectivity index (χ1v) is 5.71. The van der Waals surface area contributed by atoms with Gasteiger partial charge < -0.3 is 15.8 Å². The second-order valence-corrected chi connectivity index (χ2v) is 4.27. The van der Waals surface area contributed by atoms with E-state index in [2.05, 4.69) is 5.32 Å². The van der Waals surface area contributed by atoms with Gasteiger partial charge in [-0.15, -0.1) is 0 Å². The van der Waals surface area contributed by atoms with Crippen LogP contribution < -0.4 is 15.8 Å². The molecule has 94 valence electrons. The number of carbonyl (C=O) groups is 1. The van der Waals surface area contributed by atoms with E-state index < -0.39 is 0 Å². The quantitative estimate of drug-likeness (QED) is 0.821. The lowest BCUT2D eigenvalue weighted by molar-refractivity contribution is -0.116. The summed E-state index contributed by atoms with van der Waals surface area (Å²) in [5, 5.41) is 2.88. The molecular formula is C13H20N2O2. The standard InChI is InChI=1S/C13H20N2O2/c1-9(8-14)6-13(16)15-12-5-4-11(17-3)7-10(12)2/h4-5,7,9H,6,8,14H2,1-3H3,(H,15,16). The summed E-state index contributed by atoms with van der Waals surface area (Å²) in [6.45, 7) is 4.42. The molecule has 0 saturated heterocycles. The highest BCUT2D eigenvalue weighted by Crippen LogP contribution is 2.21. The van der Waals surface area contributed by atoms with Gasteiger partial charge in [0.1, 0.15) is 5.75 Å². The van der Waals surface area contributed by atoms with Gasteiger partial charge in [0.15, 0.2) is 0 Å². The highest BCUT2D eigenvalue weighted by atomic mass is 16.5. The molecular weight excluding hydrogens is 216 g/mol. The van der Waals surface area contributed by atoms with Crippen LogP contribution in [0.25, 0.3) is 0 Å². The number of ether oxygens (including phenoxy) is 1. The van der Waals surface area contributed by atoms with Crippen molar-refractivity contribution in [3.63, 3.8) is 0 Å². The SMILES string of the molecule is COc1ccc(NC(=O)CC(C)CN)c(C)c1. The Morgan fingerprint density at radius 1 is 1.53 bits per heavy atom. The van der Waals surface area contributed by atoms with Crippen LogP contribution in [-0.2, 0) is 4.79 Å². The van der Waals surface area contributed by atoms with Gasteiger partial charge in [0.05, 0.1) is 7.11 Å². The molecule has 1 unspecified atom stereocenters. The Kier molecular flexibility index (Phi) is 4.97. The van der Waals surface area contributed by atoms with Gasteiger partial charge in [-0.2, -0.15) is 0 Å². The molecule has 17 heavy (non-hydrogen) atoms. The van der Waals surface area contributed by atoms with E-state index in [4.69, 9.17) is 10.5 Å². The molecule has 3 N–H and O–H groups in total. The predicted molar refractivity (Wildman–Crippen MR) is 69.2 cm³/mol. The molecule has 1 aromatic rings. The van der Waals surface area contributed by atoms with Crippen LogP contribution in [0.5, 0.6) is 5.75 Å². The van der Waals surface area contributed by atoms with Crippen molar-refractivity contribution in [2.45, 2.75) is 20.3 Å². The van der Waals surface area contributed by atoms with E-state index in [9.17, 15) is 4.79 Å². The smallest absolute Gasteiger partial charge is 0.224 e. The van der Waals surface area contributed by atoms with Crippen LogP contribution in [0.3, 0.4) is 0 Å². The van der Waals surface area contributed by atoms with Crippen LogP contribution in [0.15, 0.2) is 18.2 Å². The fourth-order valence-electron chi connectivity index (χ4n) is 1.50. The van der Waals surface area contributed by atoms with Gasteiger partial charge in [-0.05, 0) is 43.1 Å². The lowest BCUT2D eigenvalue weighted by Gasteiger charge is -2.12. The van der Waals surface area contributed by atoms with Gasteiger partial charge in [-0.1, -0.05) is 6.92 Å². The van der Waals surface area contributed by atoms with Gasteiger partial charge >= 0.3 is 0 Å². The molecule has 0 heterocycles. The van der Waals surface area contributed by atoms with Crippen molar-refractivity contribution in [2.24, 2.45) is 11.7 Å². The van der Waals surface area contributed by atoms with Gasteiger partial charge in [0, 0.05) is 12.1 Å². The Morgan fingerprint density at radius 3 is 2.76 bits per heavy atom. The topological polar surface area (TPSA) is 64.3 Å². The minimum atomic E-state index is -0.00350. The van der Waals surface area contributed by atoms with Crippen LogP contribution in [0.2, 0.25) is 0 Å². The van der Waals surface area contributed by atoms with Crippen molar-refractivity contribution < 1.29 is 9.53 Å². The molecule has 1 atom stereocenters. The fraction of sp³-hybridized carbons (Fsp3) is 0.462. The van der Waals surface area contributed by atoms with E-state index in [-0.39, 0.29) is 11.8 Å².